The zero-order valence-corrected chi connectivity index (χ0v) is 13.5. The first kappa shape index (κ1) is 19.7. The fourth-order valence-corrected chi connectivity index (χ4v) is 2.48. The average molecular weight is 308 g/mol. The van der Waals surface area contributed by atoms with Crippen LogP contribution in [-0.4, -0.2) is 38.9 Å². The predicted octanol–water partition coefficient (Wildman–Crippen LogP) is -1.36. The molecule has 20 heavy (non-hydrogen) atoms. The first-order chi connectivity index (χ1) is 9.33. The van der Waals surface area contributed by atoms with Gasteiger partial charge in [0.2, 0.25) is 0 Å². The molecule has 2 N–H and O–H groups in total. The summed E-state index contributed by atoms with van der Waals surface area (Å²) in [5, 5.41) is 2.33. The van der Waals surface area contributed by atoms with Gasteiger partial charge in [-0.05, 0) is 12.8 Å². The summed E-state index contributed by atoms with van der Waals surface area (Å²) in [4.78, 5) is 10.9. The van der Waals surface area contributed by atoms with E-state index in [2.05, 4.69) is 10.1 Å². The van der Waals surface area contributed by atoms with Gasteiger partial charge < -0.3 is 27.2 Å². The average Bonchev–Trinajstić information content (AvgIpc) is 2.93. The van der Waals surface area contributed by atoms with Gasteiger partial charge in [-0.3, -0.25) is 4.79 Å². The molecule has 120 valence electrons. The highest BCUT2D eigenvalue weighted by molar-refractivity contribution is 5.68. The smallest absolute Gasteiger partial charge is 0.305 e. The Kier molecular flexibility index (Phi) is 13.4. The molecule has 1 saturated heterocycles. The monoisotopic (exact) mass is 307 g/mol. The quantitative estimate of drug-likeness (QED) is 0.379. The number of unbranched alkanes of at least 4 members (excludes halogenated alkanes) is 6. The maximum Gasteiger partial charge on any atom is 0.305 e. The Morgan fingerprint density at radius 2 is 1.75 bits per heavy atom. The summed E-state index contributed by atoms with van der Waals surface area (Å²) >= 11 is 0. The number of nitrogens with two attached hydrogens (primary N) is 1. The van der Waals surface area contributed by atoms with Crippen LogP contribution in [0.15, 0.2) is 0 Å². The van der Waals surface area contributed by atoms with Crippen LogP contribution >= 0.6 is 0 Å². The molecule has 1 aliphatic heterocycles. The summed E-state index contributed by atoms with van der Waals surface area (Å²) in [5.41, 5.74) is 0. The molecule has 0 aromatic heterocycles. The molecule has 0 radical (unpaired) electrons. The Hall–Kier alpha value is -0.320. The topological polar surface area (TPSA) is 52.1 Å². The highest BCUT2D eigenvalue weighted by Crippen LogP contribution is 2.09. The Morgan fingerprint density at radius 3 is 2.35 bits per heavy atom. The Bertz CT molecular complexity index is 233. The van der Waals surface area contributed by atoms with E-state index in [4.69, 9.17) is 4.74 Å². The van der Waals surface area contributed by atoms with Gasteiger partial charge in [-0.2, -0.15) is 0 Å². The minimum atomic E-state index is -0.0821. The van der Waals surface area contributed by atoms with E-state index in [1.54, 1.807) is 0 Å². The van der Waals surface area contributed by atoms with Crippen LogP contribution in [0, 0.1) is 0 Å². The van der Waals surface area contributed by atoms with Crippen molar-refractivity contribution in [1.82, 2.24) is 0 Å². The van der Waals surface area contributed by atoms with Gasteiger partial charge in [-0.1, -0.05) is 32.1 Å². The molecule has 1 fully saturated rings. The summed E-state index contributed by atoms with van der Waals surface area (Å²) in [6.45, 7) is 3.32. The number of esters is 1. The van der Waals surface area contributed by atoms with E-state index >= 15 is 0 Å². The normalized spacial score (nSPS) is 17.8. The molecule has 0 aromatic carbocycles. The second kappa shape index (κ2) is 13.7. The first-order valence-electron chi connectivity index (χ1n) is 7.83. The van der Waals surface area contributed by atoms with Crippen molar-refractivity contribution >= 4 is 5.97 Å². The highest BCUT2D eigenvalue weighted by atomic mass is 35.5. The van der Waals surface area contributed by atoms with Gasteiger partial charge in [0.25, 0.3) is 0 Å². The van der Waals surface area contributed by atoms with E-state index in [9.17, 15) is 4.79 Å². The molecule has 1 aliphatic rings. The van der Waals surface area contributed by atoms with Crippen molar-refractivity contribution in [2.24, 2.45) is 0 Å². The van der Waals surface area contributed by atoms with Crippen LogP contribution in [0.4, 0.5) is 0 Å². The highest BCUT2D eigenvalue weighted by Gasteiger charge is 2.17. The number of methoxy groups -OCH3 is 1. The number of carbonyl (C=O) groups is 1. The number of hydrogen-bond donors (Lipinski definition) is 1. The lowest BCUT2D eigenvalue weighted by Crippen LogP contribution is -3.00. The maximum atomic E-state index is 10.9. The molecule has 0 aliphatic carbocycles. The molecular weight excluding hydrogens is 278 g/mol. The van der Waals surface area contributed by atoms with E-state index in [0.717, 1.165) is 26.0 Å². The van der Waals surface area contributed by atoms with Crippen LogP contribution in [0.2, 0.25) is 0 Å². The van der Waals surface area contributed by atoms with Crippen LogP contribution in [0.25, 0.3) is 0 Å². The molecule has 0 aromatic rings. The maximum absolute atomic E-state index is 10.9. The lowest BCUT2D eigenvalue weighted by molar-refractivity contribution is -0.638. The van der Waals surface area contributed by atoms with Gasteiger partial charge in [0, 0.05) is 19.4 Å². The zero-order valence-electron chi connectivity index (χ0n) is 12.7. The van der Waals surface area contributed by atoms with Crippen molar-refractivity contribution in [3.8, 4) is 0 Å². The fourth-order valence-electron chi connectivity index (χ4n) is 2.48. The predicted molar refractivity (Wildman–Crippen MR) is 75.0 cm³/mol. The minimum absolute atomic E-state index is 0. The van der Waals surface area contributed by atoms with Gasteiger partial charge in [0.05, 0.1) is 13.7 Å². The van der Waals surface area contributed by atoms with Crippen LogP contribution in [0.1, 0.15) is 57.8 Å². The molecule has 0 spiro atoms. The molecular formula is C15H30ClNO3. The first-order valence-corrected chi connectivity index (χ1v) is 7.83. The number of halogens is 1. The number of ether oxygens (including phenoxy) is 2. The summed E-state index contributed by atoms with van der Waals surface area (Å²) in [6.07, 6.45) is 10.7. The second-order valence-corrected chi connectivity index (χ2v) is 5.40. The molecule has 1 heterocycles. The lowest BCUT2D eigenvalue weighted by Gasteiger charge is -2.08. The van der Waals surface area contributed by atoms with Crippen LogP contribution < -0.4 is 17.7 Å². The molecule has 1 rings (SSSR count). The van der Waals surface area contributed by atoms with Crippen molar-refractivity contribution in [2.75, 3.05) is 26.8 Å². The third kappa shape index (κ3) is 10.5. The molecule has 4 nitrogen and oxygen atoms in total. The summed E-state index contributed by atoms with van der Waals surface area (Å²) in [6, 6.07) is 0. The molecule has 0 bridgehead atoms. The third-order valence-corrected chi connectivity index (χ3v) is 3.73. The van der Waals surface area contributed by atoms with Gasteiger partial charge in [0.1, 0.15) is 12.6 Å². The van der Waals surface area contributed by atoms with Crippen molar-refractivity contribution < 1.29 is 32.0 Å². The number of hydrogen-bond acceptors (Lipinski definition) is 3. The summed E-state index contributed by atoms with van der Waals surface area (Å²) < 4.78 is 10.4. The van der Waals surface area contributed by atoms with Gasteiger partial charge in [-0.25, -0.2) is 0 Å². The fraction of sp³-hybridized carbons (Fsp3) is 0.933. The summed E-state index contributed by atoms with van der Waals surface area (Å²) in [5.74, 6) is -0.0821. The third-order valence-electron chi connectivity index (χ3n) is 3.73. The van der Waals surface area contributed by atoms with Crippen LogP contribution in [0.3, 0.4) is 0 Å². The number of carbonyl (C=O) groups excluding carboxylic acids is 1. The van der Waals surface area contributed by atoms with E-state index in [1.165, 1.54) is 52.2 Å². The lowest BCUT2D eigenvalue weighted by atomic mass is 10.1. The van der Waals surface area contributed by atoms with Crippen molar-refractivity contribution in [2.45, 2.75) is 63.9 Å². The largest absolute Gasteiger partial charge is 1.00 e. The van der Waals surface area contributed by atoms with Crippen molar-refractivity contribution in [3.63, 3.8) is 0 Å². The zero-order chi connectivity index (χ0) is 13.8. The number of quaternary nitrogens is 1. The molecule has 1 unspecified atom stereocenters. The van der Waals surface area contributed by atoms with Crippen LogP contribution in [-0.2, 0) is 14.3 Å². The Balaban J connectivity index is 0.00000361. The molecule has 0 saturated carbocycles. The Morgan fingerprint density at radius 1 is 1.10 bits per heavy atom. The summed E-state index contributed by atoms with van der Waals surface area (Å²) in [7, 11) is 1.45. The van der Waals surface area contributed by atoms with Crippen molar-refractivity contribution in [3.05, 3.63) is 0 Å². The molecule has 5 heteroatoms. The van der Waals surface area contributed by atoms with Gasteiger partial charge in [-0.15, -0.1) is 0 Å². The van der Waals surface area contributed by atoms with E-state index in [0.29, 0.717) is 12.5 Å². The second-order valence-electron chi connectivity index (χ2n) is 5.40. The van der Waals surface area contributed by atoms with E-state index in [1.807, 2.05) is 0 Å². The van der Waals surface area contributed by atoms with Gasteiger partial charge >= 0.3 is 5.97 Å². The molecule has 0 amide bonds. The Labute approximate surface area is 129 Å². The minimum Gasteiger partial charge on any atom is -1.00 e. The van der Waals surface area contributed by atoms with Gasteiger partial charge in [0.15, 0.2) is 0 Å². The van der Waals surface area contributed by atoms with Crippen molar-refractivity contribution in [1.29, 1.82) is 0 Å². The van der Waals surface area contributed by atoms with E-state index in [-0.39, 0.29) is 18.4 Å². The molecule has 1 atom stereocenters. The number of rotatable bonds is 11. The standard InChI is InChI=1S/C15H29NO3.ClH/c1-18-15(17)9-7-5-3-2-4-6-8-12-19-14-10-11-16-13-14;/h14,16H,2-13H2,1H3;1H. The van der Waals surface area contributed by atoms with Crippen LogP contribution in [0.5, 0.6) is 0 Å². The van der Waals surface area contributed by atoms with E-state index < -0.39 is 0 Å². The SMILES string of the molecule is COC(=O)CCCCCCCCCOC1CC[NH2+]C1.[Cl-].